The van der Waals surface area contributed by atoms with Gasteiger partial charge in [-0.3, -0.25) is 4.79 Å². The summed E-state index contributed by atoms with van der Waals surface area (Å²) >= 11 is 4.87. The Morgan fingerprint density at radius 3 is 2.73 bits per heavy atom. The van der Waals surface area contributed by atoms with Crippen LogP contribution in [-0.2, 0) is 4.79 Å². The number of rotatable bonds is 2. The molecular formula is C11H20N2OS. The van der Waals surface area contributed by atoms with Crippen molar-refractivity contribution in [2.75, 3.05) is 6.54 Å². The average molecular weight is 228 g/mol. The third-order valence-electron chi connectivity index (χ3n) is 3.13. The molecule has 86 valence electrons. The Labute approximate surface area is 97.0 Å². The van der Waals surface area contributed by atoms with E-state index in [4.69, 9.17) is 18.0 Å². The summed E-state index contributed by atoms with van der Waals surface area (Å²) in [5.41, 5.74) is 5.51. The zero-order valence-electron chi connectivity index (χ0n) is 9.53. The van der Waals surface area contributed by atoms with Crippen molar-refractivity contribution < 1.29 is 4.79 Å². The van der Waals surface area contributed by atoms with E-state index < -0.39 is 0 Å². The Morgan fingerprint density at radius 2 is 2.13 bits per heavy atom. The van der Waals surface area contributed by atoms with E-state index in [9.17, 15) is 4.79 Å². The standard InChI is InChI=1S/C11H20N2OS/c1-8-6-4-3-5-7-13(8)11(14)9(2)10(12)15/h8-9H,3-7H2,1-2H3,(H2,12,15). The van der Waals surface area contributed by atoms with Gasteiger partial charge < -0.3 is 10.6 Å². The maximum absolute atomic E-state index is 12.1. The molecule has 1 amide bonds. The van der Waals surface area contributed by atoms with Gasteiger partial charge in [0.05, 0.1) is 10.9 Å². The smallest absolute Gasteiger partial charge is 0.232 e. The minimum absolute atomic E-state index is 0.0944. The number of hydrogen-bond donors (Lipinski definition) is 1. The van der Waals surface area contributed by atoms with Crippen LogP contribution in [0, 0.1) is 5.92 Å². The molecule has 3 nitrogen and oxygen atoms in total. The van der Waals surface area contributed by atoms with Crippen LogP contribution in [0.4, 0.5) is 0 Å². The third-order valence-corrected chi connectivity index (χ3v) is 3.49. The van der Waals surface area contributed by atoms with Gasteiger partial charge in [0.15, 0.2) is 0 Å². The lowest BCUT2D eigenvalue weighted by Gasteiger charge is -2.29. The highest BCUT2D eigenvalue weighted by atomic mass is 32.1. The minimum Gasteiger partial charge on any atom is -0.393 e. The largest absolute Gasteiger partial charge is 0.393 e. The molecule has 0 aliphatic carbocycles. The van der Waals surface area contributed by atoms with Crippen molar-refractivity contribution >= 4 is 23.1 Å². The molecule has 2 unspecified atom stereocenters. The SMILES string of the molecule is CC(C(=O)N1CCCCCC1C)C(N)=S. The molecule has 1 aliphatic heterocycles. The van der Waals surface area contributed by atoms with E-state index in [2.05, 4.69) is 6.92 Å². The summed E-state index contributed by atoms with van der Waals surface area (Å²) in [6, 6.07) is 0.330. The highest BCUT2D eigenvalue weighted by molar-refractivity contribution is 7.80. The van der Waals surface area contributed by atoms with Gasteiger partial charge in [-0.25, -0.2) is 0 Å². The average Bonchev–Trinajstić information content (AvgIpc) is 2.40. The Bertz CT molecular complexity index is 255. The van der Waals surface area contributed by atoms with Gasteiger partial charge in [-0.1, -0.05) is 25.1 Å². The van der Waals surface area contributed by atoms with Crippen molar-refractivity contribution in [1.29, 1.82) is 0 Å². The first-order valence-corrected chi connectivity index (χ1v) is 6.04. The summed E-state index contributed by atoms with van der Waals surface area (Å²) in [7, 11) is 0. The molecule has 1 heterocycles. The first-order chi connectivity index (χ1) is 7.04. The first kappa shape index (κ1) is 12.4. The van der Waals surface area contributed by atoms with Crippen molar-refractivity contribution in [3.05, 3.63) is 0 Å². The van der Waals surface area contributed by atoms with Crippen LogP contribution in [0.15, 0.2) is 0 Å². The van der Waals surface area contributed by atoms with E-state index in [1.165, 1.54) is 12.8 Å². The van der Waals surface area contributed by atoms with Crippen molar-refractivity contribution in [3.8, 4) is 0 Å². The van der Waals surface area contributed by atoms with E-state index in [0.717, 1.165) is 19.4 Å². The molecule has 2 atom stereocenters. The molecule has 0 radical (unpaired) electrons. The van der Waals surface area contributed by atoms with Crippen LogP contribution < -0.4 is 5.73 Å². The minimum atomic E-state index is -0.319. The van der Waals surface area contributed by atoms with E-state index in [-0.39, 0.29) is 11.8 Å². The maximum atomic E-state index is 12.1. The molecule has 2 N–H and O–H groups in total. The molecule has 0 aromatic heterocycles. The van der Waals surface area contributed by atoms with Crippen molar-refractivity contribution in [2.45, 2.75) is 45.6 Å². The first-order valence-electron chi connectivity index (χ1n) is 5.64. The van der Waals surface area contributed by atoms with Gasteiger partial charge >= 0.3 is 0 Å². The lowest BCUT2D eigenvalue weighted by atomic mass is 10.1. The molecule has 0 spiro atoms. The maximum Gasteiger partial charge on any atom is 0.232 e. The lowest BCUT2D eigenvalue weighted by Crippen LogP contribution is -2.44. The van der Waals surface area contributed by atoms with Crippen LogP contribution in [0.25, 0.3) is 0 Å². The highest BCUT2D eigenvalue weighted by Gasteiger charge is 2.26. The van der Waals surface area contributed by atoms with Crippen LogP contribution in [0.1, 0.15) is 39.5 Å². The number of thiocarbonyl (C=S) groups is 1. The molecule has 1 fully saturated rings. The van der Waals surface area contributed by atoms with E-state index >= 15 is 0 Å². The van der Waals surface area contributed by atoms with Gasteiger partial charge in [0.2, 0.25) is 5.91 Å². The summed E-state index contributed by atoms with van der Waals surface area (Å²) < 4.78 is 0. The number of carbonyl (C=O) groups excluding carboxylic acids is 1. The molecule has 0 aromatic rings. The molecule has 1 rings (SSSR count). The quantitative estimate of drug-likeness (QED) is 0.732. The fourth-order valence-corrected chi connectivity index (χ4v) is 2.07. The van der Waals surface area contributed by atoms with Gasteiger partial charge in [-0.2, -0.15) is 0 Å². The summed E-state index contributed by atoms with van der Waals surface area (Å²) in [5, 5.41) is 0. The van der Waals surface area contributed by atoms with Gasteiger partial charge in [0.1, 0.15) is 0 Å². The van der Waals surface area contributed by atoms with Crippen molar-refractivity contribution in [1.82, 2.24) is 4.90 Å². The zero-order valence-corrected chi connectivity index (χ0v) is 10.3. The molecule has 0 saturated carbocycles. The molecule has 15 heavy (non-hydrogen) atoms. The van der Waals surface area contributed by atoms with Crippen LogP contribution in [0.3, 0.4) is 0 Å². The Kier molecular flexibility index (Phi) is 4.51. The topological polar surface area (TPSA) is 46.3 Å². The number of carbonyl (C=O) groups is 1. The van der Waals surface area contributed by atoms with Gasteiger partial charge in [-0.05, 0) is 26.7 Å². The second-order valence-electron chi connectivity index (χ2n) is 4.35. The summed E-state index contributed by atoms with van der Waals surface area (Å²) in [6.07, 6.45) is 4.62. The third kappa shape index (κ3) is 3.16. The normalized spacial score (nSPS) is 24.4. The van der Waals surface area contributed by atoms with Gasteiger partial charge in [0, 0.05) is 12.6 Å². The Hall–Kier alpha value is -0.640. The van der Waals surface area contributed by atoms with Crippen LogP contribution in [0.2, 0.25) is 0 Å². The zero-order chi connectivity index (χ0) is 11.4. The summed E-state index contributed by atoms with van der Waals surface area (Å²) in [4.78, 5) is 14.3. The fourth-order valence-electron chi connectivity index (χ4n) is 1.97. The fraction of sp³-hybridized carbons (Fsp3) is 0.818. The number of hydrogen-bond acceptors (Lipinski definition) is 2. The van der Waals surface area contributed by atoms with Crippen molar-refractivity contribution in [2.24, 2.45) is 11.7 Å². The Balaban J connectivity index is 2.67. The number of nitrogens with two attached hydrogens (primary N) is 1. The van der Waals surface area contributed by atoms with E-state index in [1.54, 1.807) is 6.92 Å². The van der Waals surface area contributed by atoms with Crippen LogP contribution in [-0.4, -0.2) is 28.4 Å². The van der Waals surface area contributed by atoms with E-state index in [1.807, 2.05) is 4.90 Å². The molecule has 1 aliphatic rings. The highest BCUT2D eigenvalue weighted by Crippen LogP contribution is 2.18. The molecule has 0 aromatic carbocycles. The van der Waals surface area contributed by atoms with Gasteiger partial charge in [-0.15, -0.1) is 0 Å². The molecular weight excluding hydrogens is 208 g/mol. The summed E-state index contributed by atoms with van der Waals surface area (Å²) in [5.74, 6) is -0.225. The van der Waals surface area contributed by atoms with Gasteiger partial charge in [0.25, 0.3) is 0 Å². The lowest BCUT2D eigenvalue weighted by molar-refractivity contribution is -0.134. The molecule has 1 saturated heterocycles. The molecule has 0 bridgehead atoms. The number of likely N-dealkylation sites (tertiary alicyclic amines) is 1. The number of amides is 1. The van der Waals surface area contributed by atoms with Crippen LogP contribution in [0.5, 0.6) is 0 Å². The second kappa shape index (κ2) is 5.45. The second-order valence-corrected chi connectivity index (χ2v) is 4.83. The predicted molar refractivity (Wildman–Crippen MR) is 65.6 cm³/mol. The Morgan fingerprint density at radius 1 is 1.47 bits per heavy atom. The van der Waals surface area contributed by atoms with E-state index in [0.29, 0.717) is 11.0 Å². The monoisotopic (exact) mass is 228 g/mol. The molecule has 4 heteroatoms. The summed E-state index contributed by atoms with van der Waals surface area (Å²) in [6.45, 7) is 4.75. The van der Waals surface area contributed by atoms with Crippen LogP contribution >= 0.6 is 12.2 Å². The number of nitrogens with zero attached hydrogens (tertiary/aromatic N) is 1. The van der Waals surface area contributed by atoms with Crippen molar-refractivity contribution in [3.63, 3.8) is 0 Å². The predicted octanol–water partition coefficient (Wildman–Crippen LogP) is 1.70.